The van der Waals surface area contributed by atoms with Gasteiger partial charge in [-0.2, -0.15) is 0 Å². The van der Waals surface area contributed by atoms with Crippen molar-refractivity contribution in [2.75, 3.05) is 23.7 Å². The van der Waals surface area contributed by atoms with E-state index in [1.165, 1.54) is 11.8 Å². The van der Waals surface area contributed by atoms with Crippen molar-refractivity contribution in [3.05, 3.63) is 29.8 Å². The van der Waals surface area contributed by atoms with Crippen molar-refractivity contribution in [3.63, 3.8) is 0 Å². The Kier molecular flexibility index (Phi) is 4.35. The van der Waals surface area contributed by atoms with E-state index in [0.29, 0.717) is 29.7 Å². The SMILES string of the molecule is Nc1nccc(Sc2cnc(N3CCC(O)(O)CC3)n3cnnc23)c1Cl. The molecule has 4 rings (SSSR count). The smallest absolute Gasteiger partial charge is 0.212 e. The number of hydrogen-bond acceptors (Lipinski definition) is 9. The Morgan fingerprint density at radius 2 is 1.96 bits per heavy atom. The topological polar surface area (TPSA) is 126 Å². The van der Waals surface area contributed by atoms with Gasteiger partial charge in [-0.3, -0.25) is 0 Å². The van der Waals surface area contributed by atoms with Crippen molar-refractivity contribution in [1.82, 2.24) is 24.6 Å². The summed E-state index contributed by atoms with van der Waals surface area (Å²) < 4.78 is 1.78. The molecule has 0 saturated carbocycles. The first-order chi connectivity index (χ1) is 12.4. The molecule has 1 aliphatic rings. The molecule has 26 heavy (non-hydrogen) atoms. The van der Waals surface area contributed by atoms with Gasteiger partial charge in [-0.1, -0.05) is 23.4 Å². The third-order valence-corrected chi connectivity index (χ3v) is 5.81. The van der Waals surface area contributed by atoms with E-state index in [2.05, 4.69) is 20.2 Å². The number of anilines is 2. The van der Waals surface area contributed by atoms with Crippen LogP contribution in [0, 0.1) is 0 Å². The number of hydrogen-bond donors (Lipinski definition) is 3. The summed E-state index contributed by atoms with van der Waals surface area (Å²) in [5.41, 5.74) is 6.39. The maximum atomic E-state index is 9.71. The minimum absolute atomic E-state index is 0.251. The first kappa shape index (κ1) is 17.3. The fourth-order valence-electron chi connectivity index (χ4n) is 2.80. The summed E-state index contributed by atoms with van der Waals surface area (Å²) in [6, 6.07) is 1.77. The van der Waals surface area contributed by atoms with E-state index < -0.39 is 5.79 Å². The summed E-state index contributed by atoms with van der Waals surface area (Å²) in [4.78, 5) is 12.0. The first-order valence-corrected chi connectivity index (χ1v) is 9.10. The Balaban J connectivity index is 1.67. The van der Waals surface area contributed by atoms with E-state index in [4.69, 9.17) is 17.3 Å². The average Bonchev–Trinajstić information content (AvgIpc) is 3.10. The zero-order chi connectivity index (χ0) is 18.3. The van der Waals surface area contributed by atoms with Crippen molar-refractivity contribution in [2.24, 2.45) is 0 Å². The predicted octanol–water partition coefficient (Wildman–Crippen LogP) is 1.19. The number of nitrogens with zero attached hydrogens (tertiary/aromatic N) is 6. The summed E-state index contributed by atoms with van der Waals surface area (Å²) in [6.07, 6.45) is 5.39. The number of aromatic nitrogens is 5. The Labute approximate surface area is 157 Å². The highest BCUT2D eigenvalue weighted by Crippen LogP contribution is 2.37. The Hall–Kier alpha value is -2.14. The quantitative estimate of drug-likeness (QED) is 0.562. The molecule has 3 aromatic rings. The second kappa shape index (κ2) is 6.54. The maximum absolute atomic E-state index is 9.71. The largest absolute Gasteiger partial charge is 0.382 e. The second-order valence-corrected chi connectivity index (χ2v) is 7.49. The van der Waals surface area contributed by atoms with E-state index in [-0.39, 0.29) is 18.7 Å². The molecule has 1 aliphatic heterocycles. The van der Waals surface area contributed by atoms with Crippen molar-refractivity contribution < 1.29 is 10.2 Å². The van der Waals surface area contributed by atoms with Crippen molar-refractivity contribution in [3.8, 4) is 0 Å². The lowest BCUT2D eigenvalue weighted by Crippen LogP contribution is -2.45. The fourth-order valence-corrected chi connectivity index (χ4v) is 3.92. The molecule has 0 aliphatic carbocycles. The van der Waals surface area contributed by atoms with Crippen molar-refractivity contribution in [1.29, 1.82) is 0 Å². The minimum Gasteiger partial charge on any atom is -0.382 e. The van der Waals surface area contributed by atoms with Crippen LogP contribution in [-0.4, -0.2) is 53.7 Å². The highest BCUT2D eigenvalue weighted by atomic mass is 35.5. The summed E-state index contributed by atoms with van der Waals surface area (Å²) in [7, 11) is 0. The van der Waals surface area contributed by atoms with Gasteiger partial charge in [0.15, 0.2) is 11.4 Å². The average molecular weight is 394 g/mol. The van der Waals surface area contributed by atoms with Crippen molar-refractivity contribution in [2.45, 2.75) is 28.4 Å². The number of nitrogens with two attached hydrogens (primary N) is 1. The molecular weight excluding hydrogens is 378 g/mol. The van der Waals surface area contributed by atoms with Crippen LogP contribution in [0.3, 0.4) is 0 Å². The molecular formula is C15H16ClN7O2S. The van der Waals surface area contributed by atoms with Crippen molar-refractivity contribution >= 4 is 40.8 Å². The van der Waals surface area contributed by atoms with E-state index in [0.717, 1.165) is 9.79 Å². The molecule has 0 unspecified atom stereocenters. The Bertz CT molecular complexity index is 954. The molecule has 0 spiro atoms. The maximum Gasteiger partial charge on any atom is 0.212 e. The third-order valence-electron chi connectivity index (χ3n) is 4.23. The van der Waals surface area contributed by atoms with Gasteiger partial charge in [-0.05, 0) is 6.07 Å². The molecule has 1 fully saturated rings. The molecule has 0 atom stereocenters. The molecule has 0 radical (unpaired) electrons. The molecule has 0 amide bonds. The highest BCUT2D eigenvalue weighted by molar-refractivity contribution is 7.99. The van der Waals surface area contributed by atoms with Gasteiger partial charge in [0.25, 0.3) is 0 Å². The number of nitrogen functional groups attached to an aromatic ring is 1. The van der Waals surface area contributed by atoms with Gasteiger partial charge >= 0.3 is 0 Å². The monoisotopic (exact) mass is 393 g/mol. The number of halogens is 1. The Morgan fingerprint density at radius 3 is 2.73 bits per heavy atom. The first-order valence-electron chi connectivity index (χ1n) is 7.91. The summed E-state index contributed by atoms with van der Waals surface area (Å²) in [5.74, 6) is -0.690. The van der Waals surface area contributed by atoms with Gasteiger partial charge in [0.05, 0.1) is 9.92 Å². The highest BCUT2D eigenvalue weighted by Gasteiger charge is 2.31. The molecule has 3 aromatic heterocycles. The van der Waals surface area contributed by atoms with Crippen LogP contribution in [0.2, 0.25) is 5.02 Å². The normalized spacial score (nSPS) is 17.0. The van der Waals surface area contributed by atoms with E-state index in [9.17, 15) is 10.2 Å². The minimum atomic E-state index is -1.61. The van der Waals surface area contributed by atoms with E-state index in [1.54, 1.807) is 29.2 Å². The van der Waals surface area contributed by atoms with Gasteiger partial charge in [0, 0.05) is 43.2 Å². The van der Waals surface area contributed by atoms with Crippen LogP contribution >= 0.6 is 23.4 Å². The number of fused-ring (bicyclic) bond motifs is 1. The molecule has 136 valence electrons. The van der Waals surface area contributed by atoms with E-state index in [1.807, 2.05) is 4.90 Å². The van der Waals surface area contributed by atoms with Crippen LogP contribution < -0.4 is 10.6 Å². The standard InChI is InChI=1S/C15H16ClN7O2S/c16-11-9(1-4-18-12(11)17)26-10-7-19-14(23-8-20-21-13(10)23)22-5-2-15(24,25)3-6-22/h1,4,7-8,24-25H,2-3,5-6H2,(H2,17,18). The lowest BCUT2D eigenvalue weighted by Gasteiger charge is -2.35. The van der Waals surface area contributed by atoms with Crippen LogP contribution in [0.5, 0.6) is 0 Å². The van der Waals surface area contributed by atoms with Gasteiger partial charge < -0.3 is 20.8 Å². The van der Waals surface area contributed by atoms with Crippen LogP contribution in [0.4, 0.5) is 11.8 Å². The number of pyridine rings is 1. The lowest BCUT2D eigenvalue weighted by atomic mass is 10.0. The fraction of sp³-hybridized carbons (Fsp3) is 0.333. The molecule has 9 nitrogen and oxygen atoms in total. The van der Waals surface area contributed by atoms with Gasteiger partial charge in [-0.15, -0.1) is 10.2 Å². The molecule has 4 N–H and O–H groups in total. The third kappa shape index (κ3) is 3.16. The zero-order valence-electron chi connectivity index (χ0n) is 13.6. The second-order valence-electron chi connectivity index (χ2n) is 6.03. The Morgan fingerprint density at radius 1 is 1.19 bits per heavy atom. The van der Waals surface area contributed by atoms with Crippen LogP contribution in [-0.2, 0) is 0 Å². The summed E-state index contributed by atoms with van der Waals surface area (Å²) in [6.45, 7) is 0.957. The zero-order valence-corrected chi connectivity index (χ0v) is 15.2. The van der Waals surface area contributed by atoms with Gasteiger partial charge in [-0.25, -0.2) is 14.4 Å². The van der Waals surface area contributed by atoms with Crippen LogP contribution in [0.15, 0.2) is 34.6 Å². The van der Waals surface area contributed by atoms with E-state index >= 15 is 0 Å². The van der Waals surface area contributed by atoms with Crippen LogP contribution in [0.1, 0.15) is 12.8 Å². The molecule has 1 saturated heterocycles. The summed E-state index contributed by atoms with van der Waals surface area (Å²) >= 11 is 7.60. The van der Waals surface area contributed by atoms with Gasteiger partial charge in [0.2, 0.25) is 5.95 Å². The molecule has 11 heteroatoms. The molecule has 0 bridgehead atoms. The number of piperidine rings is 1. The molecule has 4 heterocycles. The molecule has 0 aromatic carbocycles. The number of rotatable bonds is 3. The summed E-state index contributed by atoms with van der Waals surface area (Å²) in [5, 5.41) is 28.0. The lowest BCUT2D eigenvalue weighted by molar-refractivity contribution is -0.172. The van der Waals surface area contributed by atoms with Crippen LogP contribution in [0.25, 0.3) is 5.65 Å². The number of aliphatic hydroxyl groups is 2. The van der Waals surface area contributed by atoms with Gasteiger partial charge in [0.1, 0.15) is 12.1 Å². The predicted molar refractivity (Wildman–Crippen MR) is 97.2 cm³/mol.